The summed E-state index contributed by atoms with van der Waals surface area (Å²) in [6.07, 6.45) is 4.03. The summed E-state index contributed by atoms with van der Waals surface area (Å²) in [6, 6.07) is 9.08. The third-order valence-corrected chi connectivity index (χ3v) is 7.21. The number of sulfonamides is 1. The number of hydrogen-bond acceptors (Lipinski definition) is 3. The highest BCUT2D eigenvalue weighted by atomic mass is 32.2. The van der Waals surface area contributed by atoms with Crippen LogP contribution in [0.2, 0.25) is 0 Å². The Bertz CT molecular complexity index is 711. The Hall–Kier alpha value is -1.60. The van der Waals surface area contributed by atoms with Gasteiger partial charge in [-0.05, 0) is 56.6 Å². The summed E-state index contributed by atoms with van der Waals surface area (Å²) in [5.41, 5.74) is 0. The van der Waals surface area contributed by atoms with Crippen molar-refractivity contribution >= 4 is 16.0 Å². The molecule has 1 saturated heterocycles. The largest absolute Gasteiger partial charge is 0.356 e. The number of guanidine groups is 1. The quantitative estimate of drug-likeness (QED) is 0.512. The maximum Gasteiger partial charge on any atom is 0.243 e. The first kappa shape index (κ1) is 22.7. The number of nitrogens with zero attached hydrogens (tertiary/aromatic N) is 2. The van der Waals surface area contributed by atoms with Gasteiger partial charge in [-0.1, -0.05) is 32.0 Å². The lowest BCUT2D eigenvalue weighted by molar-refractivity contribution is 0.273. The first-order valence-electron chi connectivity index (χ1n) is 10.3. The molecule has 1 atom stereocenters. The predicted molar refractivity (Wildman–Crippen MR) is 116 cm³/mol. The van der Waals surface area contributed by atoms with E-state index in [1.54, 1.807) is 35.6 Å². The molecule has 7 heteroatoms. The normalized spacial score (nSPS) is 18.2. The molecule has 1 aliphatic heterocycles. The highest BCUT2D eigenvalue weighted by Gasteiger charge is 2.29. The molecule has 1 aromatic rings. The molecule has 6 nitrogen and oxygen atoms in total. The van der Waals surface area contributed by atoms with Gasteiger partial charge in [-0.15, -0.1) is 0 Å². The molecule has 1 unspecified atom stereocenters. The zero-order valence-corrected chi connectivity index (χ0v) is 18.5. The van der Waals surface area contributed by atoms with Crippen LogP contribution in [-0.2, 0) is 10.0 Å². The van der Waals surface area contributed by atoms with Crippen LogP contribution in [0.1, 0.15) is 46.5 Å². The Labute approximate surface area is 170 Å². The zero-order chi connectivity index (χ0) is 20.6. The van der Waals surface area contributed by atoms with E-state index < -0.39 is 10.0 Å². The molecular formula is C21H36N4O2S. The molecule has 0 spiro atoms. The number of nitrogens with one attached hydrogen (secondary N) is 2. The van der Waals surface area contributed by atoms with Gasteiger partial charge in [-0.2, -0.15) is 4.31 Å². The fraction of sp³-hybridized carbons (Fsp3) is 0.667. The summed E-state index contributed by atoms with van der Waals surface area (Å²) in [5, 5.41) is 6.86. The number of benzene rings is 1. The first-order chi connectivity index (χ1) is 13.3. The van der Waals surface area contributed by atoms with Crippen LogP contribution in [0.3, 0.4) is 0 Å². The molecule has 2 N–H and O–H groups in total. The fourth-order valence-corrected chi connectivity index (χ4v) is 4.91. The van der Waals surface area contributed by atoms with Crippen LogP contribution in [0.5, 0.6) is 0 Å². The van der Waals surface area contributed by atoms with Crippen molar-refractivity contribution in [3.8, 4) is 0 Å². The van der Waals surface area contributed by atoms with Crippen LogP contribution in [0.25, 0.3) is 0 Å². The minimum Gasteiger partial charge on any atom is -0.356 e. The average Bonchev–Trinajstić information content (AvgIpc) is 2.70. The molecule has 1 fully saturated rings. The van der Waals surface area contributed by atoms with Gasteiger partial charge < -0.3 is 10.6 Å². The van der Waals surface area contributed by atoms with Crippen LogP contribution in [-0.4, -0.2) is 51.4 Å². The highest BCUT2D eigenvalue weighted by molar-refractivity contribution is 7.89. The van der Waals surface area contributed by atoms with E-state index in [1.165, 1.54) is 6.42 Å². The molecule has 158 valence electrons. The smallest absolute Gasteiger partial charge is 0.243 e. The Morgan fingerprint density at radius 2 is 1.79 bits per heavy atom. The van der Waals surface area contributed by atoms with Crippen LogP contribution >= 0.6 is 0 Å². The molecule has 28 heavy (non-hydrogen) atoms. The van der Waals surface area contributed by atoms with Gasteiger partial charge in [0, 0.05) is 32.7 Å². The second kappa shape index (κ2) is 10.8. The standard InChI is InChI=1S/C21H36N4O2S/c1-17(2)10-11-18(3)24-21(22-4)23-16-19-12-14-25(15-13-19)28(26,27)20-8-6-5-7-9-20/h5-9,17-19H,10-16H2,1-4H3,(H2,22,23,24). The van der Waals surface area contributed by atoms with Gasteiger partial charge in [0.05, 0.1) is 4.90 Å². The van der Waals surface area contributed by atoms with E-state index >= 15 is 0 Å². The molecule has 0 aromatic heterocycles. The summed E-state index contributed by atoms with van der Waals surface area (Å²) in [7, 11) is -1.58. The van der Waals surface area contributed by atoms with E-state index in [2.05, 4.69) is 36.4 Å². The summed E-state index contributed by atoms with van der Waals surface area (Å²) in [5.74, 6) is 1.99. The van der Waals surface area contributed by atoms with E-state index in [0.717, 1.165) is 31.8 Å². The van der Waals surface area contributed by atoms with E-state index in [0.29, 0.717) is 35.9 Å². The second-order valence-corrected chi connectivity index (χ2v) is 10.1. The van der Waals surface area contributed by atoms with Crippen molar-refractivity contribution in [1.82, 2.24) is 14.9 Å². The lowest BCUT2D eigenvalue weighted by atomic mass is 9.98. The first-order valence-corrected chi connectivity index (χ1v) is 11.8. The van der Waals surface area contributed by atoms with Crippen molar-refractivity contribution in [2.45, 2.75) is 57.4 Å². The molecule has 0 aliphatic carbocycles. The van der Waals surface area contributed by atoms with Crippen molar-refractivity contribution in [2.24, 2.45) is 16.8 Å². The van der Waals surface area contributed by atoms with Crippen LogP contribution in [0.4, 0.5) is 0 Å². The molecule has 0 saturated carbocycles. The number of hydrogen-bond donors (Lipinski definition) is 2. The molecule has 0 amide bonds. The van der Waals surface area contributed by atoms with Gasteiger partial charge >= 0.3 is 0 Å². The summed E-state index contributed by atoms with van der Waals surface area (Å²) < 4.78 is 27.0. The third kappa shape index (κ3) is 6.78. The molecule has 1 heterocycles. The SMILES string of the molecule is CN=C(NCC1CCN(S(=O)(=O)c2ccccc2)CC1)NC(C)CCC(C)C. The zero-order valence-electron chi connectivity index (χ0n) is 17.7. The third-order valence-electron chi connectivity index (χ3n) is 5.30. The molecule has 1 aliphatic rings. The van der Waals surface area contributed by atoms with Crippen LogP contribution in [0, 0.1) is 11.8 Å². The van der Waals surface area contributed by atoms with Crippen LogP contribution < -0.4 is 10.6 Å². The Morgan fingerprint density at radius 3 is 2.36 bits per heavy atom. The molecule has 2 rings (SSSR count). The Balaban J connectivity index is 1.77. The van der Waals surface area contributed by atoms with Crippen molar-refractivity contribution in [3.63, 3.8) is 0 Å². The summed E-state index contributed by atoms with van der Waals surface area (Å²) >= 11 is 0. The van der Waals surface area contributed by atoms with E-state index in [1.807, 2.05) is 6.07 Å². The van der Waals surface area contributed by atoms with Crippen molar-refractivity contribution in [1.29, 1.82) is 0 Å². The van der Waals surface area contributed by atoms with Gasteiger partial charge in [0.15, 0.2) is 5.96 Å². The lowest BCUT2D eigenvalue weighted by Gasteiger charge is -2.31. The van der Waals surface area contributed by atoms with Gasteiger partial charge in [-0.3, -0.25) is 4.99 Å². The monoisotopic (exact) mass is 408 g/mol. The van der Waals surface area contributed by atoms with Gasteiger partial charge in [0.2, 0.25) is 10.0 Å². The van der Waals surface area contributed by atoms with Crippen molar-refractivity contribution in [2.75, 3.05) is 26.7 Å². The molecular weight excluding hydrogens is 372 g/mol. The lowest BCUT2D eigenvalue weighted by Crippen LogP contribution is -2.46. The fourth-order valence-electron chi connectivity index (χ4n) is 3.42. The number of piperidine rings is 1. The molecule has 1 aromatic carbocycles. The predicted octanol–water partition coefficient (Wildman–Crippen LogP) is 3.08. The molecule has 0 radical (unpaired) electrons. The average molecular weight is 409 g/mol. The molecule has 0 bridgehead atoms. The topological polar surface area (TPSA) is 73.8 Å². The summed E-state index contributed by atoms with van der Waals surface area (Å²) in [6.45, 7) is 8.62. The van der Waals surface area contributed by atoms with Gasteiger partial charge in [-0.25, -0.2) is 8.42 Å². The number of aliphatic imine (C=N–C) groups is 1. The van der Waals surface area contributed by atoms with Crippen molar-refractivity contribution in [3.05, 3.63) is 30.3 Å². The van der Waals surface area contributed by atoms with Crippen LogP contribution in [0.15, 0.2) is 40.2 Å². The van der Waals surface area contributed by atoms with E-state index in [-0.39, 0.29) is 0 Å². The van der Waals surface area contributed by atoms with Crippen molar-refractivity contribution < 1.29 is 8.42 Å². The minimum atomic E-state index is -3.37. The van der Waals surface area contributed by atoms with E-state index in [4.69, 9.17) is 0 Å². The Morgan fingerprint density at radius 1 is 1.14 bits per heavy atom. The second-order valence-electron chi connectivity index (χ2n) is 8.13. The maximum atomic E-state index is 12.7. The highest BCUT2D eigenvalue weighted by Crippen LogP contribution is 2.23. The van der Waals surface area contributed by atoms with Gasteiger partial charge in [0.1, 0.15) is 0 Å². The maximum absolute atomic E-state index is 12.7. The van der Waals surface area contributed by atoms with Gasteiger partial charge in [0.25, 0.3) is 0 Å². The summed E-state index contributed by atoms with van der Waals surface area (Å²) in [4.78, 5) is 4.70. The van der Waals surface area contributed by atoms with E-state index in [9.17, 15) is 8.42 Å². The minimum absolute atomic E-state index is 0.381. The number of rotatable bonds is 8. The Kier molecular flexibility index (Phi) is 8.76.